The molecule has 1 unspecified atom stereocenters. The highest BCUT2D eigenvalue weighted by Crippen LogP contribution is 2.40. The van der Waals surface area contributed by atoms with Gasteiger partial charge in [0.15, 0.2) is 11.5 Å². The van der Waals surface area contributed by atoms with Crippen molar-refractivity contribution >= 4 is 0 Å². The van der Waals surface area contributed by atoms with E-state index in [2.05, 4.69) is 9.47 Å². The second-order valence-electron chi connectivity index (χ2n) is 3.56. The van der Waals surface area contributed by atoms with Gasteiger partial charge in [0.05, 0.1) is 0 Å². The summed E-state index contributed by atoms with van der Waals surface area (Å²) in [5, 5.41) is 0. The molecule has 2 N–H and O–H groups in total. The number of benzene rings is 1. The molecule has 0 saturated heterocycles. The van der Waals surface area contributed by atoms with Crippen molar-refractivity contribution in [1.82, 2.24) is 0 Å². The van der Waals surface area contributed by atoms with Gasteiger partial charge in [-0.05, 0) is 13.0 Å². The maximum atomic E-state index is 12.2. The van der Waals surface area contributed by atoms with Gasteiger partial charge in [-0.3, -0.25) is 0 Å². The highest BCUT2D eigenvalue weighted by atomic mass is 19.4. The summed E-state index contributed by atoms with van der Waals surface area (Å²) in [4.78, 5) is 0. The number of halogens is 6. The van der Waals surface area contributed by atoms with E-state index in [1.165, 1.54) is 6.92 Å². The lowest BCUT2D eigenvalue weighted by Crippen LogP contribution is -2.23. The van der Waals surface area contributed by atoms with Gasteiger partial charge in [0, 0.05) is 11.6 Å². The van der Waals surface area contributed by atoms with Crippen molar-refractivity contribution in [1.29, 1.82) is 0 Å². The standard InChI is InChI=1S/C10H9F6NO2/c1-5(17)6-3-2-4-7(18-9(11,12)13)8(6)19-10(14,15)16/h2-5H,17H2,1H3. The van der Waals surface area contributed by atoms with Crippen LogP contribution in [0.4, 0.5) is 26.3 Å². The van der Waals surface area contributed by atoms with Crippen molar-refractivity contribution in [3.63, 3.8) is 0 Å². The topological polar surface area (TPSA) is 44.5 Å². The quantitative estimate of drug-likeness (QED) is 0.866. The second kappa shape index (κ2) is 5.16. The van der Waals surface area contributed by atoms with Gasteiger partial charge in [0.25, 0.3) is 0 Å². The first-order chi connectivity index (χ1) is 8.49. The molecule has 19 heavy (non-hydrogen) atoms. The fourth-order valence-corrected chi connectivity index (χ4v) is 1.32. The first-order valence-electron chi connectivity index (χ1n) is 4.89. The molecular weight excluding hydrogens is 280 g/mol. The summed E-state index contributed by atoms with van der Waals surface area (Å²) >= 11 is 0. The van der Waals surface area contributed by atoms with Gasteiger partial charge in [0.2, 0.25) is 0 Å². The van der Waals surface area contributed by atoms with Crippen LogP contribution in [0.3, 0.4) is 0 Å². The van der Waals surface area contributed by atoms with Crippen LogP contribution in [0.2, 0.25) is 0 Å². The van der Waals surface area contributed by atoms with E-state index in [9.17, 15) is 26.3 Å². The Balaban J connectivity index is 3.26. The van der Waals surface area contributed by atoms with E-state index < -0.39 is 30.3 Å². The Bertz CT molecular complexity index is 441. The summed E-state index contributed by atoms with van der Waals surface area (Å²) in [6, 6.07) is 1.95. The van der Waals surface area contributed by atoms with Crippen LogP contribution in [0.15, 0.2) is 18.2 Å². The molecule has 0 spiro atoms. The van der Waals surface area contributed by atoms with E-state index in [1.54, 1.807) is 0 Å². The molecular formula is C10H9F6NO2. The van der Waals surface area contributed by atoms with E-state index in [0.29, 0.717) is 6.07 Å². The highest BCUT2D eigenvalue weighted by Gasteiger charge is 2.37. The van der Waals surface area contributed by atoms with Crippen LogP contribution in [0.1, 0.15) is 18.5 Å². The van der Waals surface area contributed by atoms with Crippen molar-refractivity contribution in [2.45, 2.75) is 25.7 Å². The number of rotatable bonds is 3. The average molecular weight is 289 g/mol. The maximum Gasteiger partial charge on any atom is 0.573 e. The summed E-state index contributed by atoms with van der Waals surface area (Å²) < 4.78 is 79.9. The Morgan fingerprint density at radius 1 is 1.00 bits per heavy atom. The van der Waals surface area contributed by atoms with Crippen molar-refractivity contribution in [2.75, 3.05) is 0 Å². The summed E-state index contributed by atoms with van der Waals surface area (Å²) in [7, 11) is 0. The molecule has 1 aromatic carbocycles. The Morgan fingerprint density at radius 3 is 1.95 bits per heavy atom. The first-order valence-corrected chi connectivity index (χ1v) is 4.89. The fourth-order valence-electron chi connectivity index (χ4n) is 1.32. The van der Waals surface area contributed by atoms with Crippen LogP contribution >= 0.6 is 0 Å². The lowest BCUT2D eigenvalue weighted by Gasteiger charge is -2.19. The molecule has 1 rings (SSSR count). The molecule has 0 aromatic heterocycles. The Kier molecular flexibility index (Phi) is 4.18. The lowest BCUT2D eigenvalue weighted by atomic mass is 10.1. The average Bonchev–Trinajstić information content (AvgIpc) is 2.15. The van der Waals surface area contributed by atoms with Gasteiger partial charge in [-0.1, -0.05) is 12.1 Å². The number of alkyl halides is 6. The molecule has 0 aliphatic rings. The molecule has 1 aromatic rings. The van der Waals surface area contributed by atoms with Gasteiger partial charge in [0.1, 0.15) is 0 Å². The zero-order chi connectivity index (χ0) is 14.8. The van der Waals surface area contributed by atoms with E-state index in [-0.39, 0.29) is 5.56 Å². The minimum Gasteiger partial charge on any atom is -0.402 e. The Morgan fingerprint density at radius 2 is 1.53 bits per heavy atom. The first kappa shape index (κ1) is 15.4. The smallest absolute Gasteiger partial charge is 0.402 e. The van der Waals surface area contributed by atoms with Gasteiger partial charge >= 0.3 is 12.7 Å². The van der Waals surface area contributed by atoms with Gasteiger partial charge in [-0.25, -0.2) is 0 Å². The molecule has 9 heteroatoms. The van der Waals surface area contributed by atoms with Crippen molar-refractivity contribution in [2.24, 2.45) is 5.73 Å². The molecule has 108 valence electrons. The Hall–Kier alpha value is -1.64. The van der Waals surface area contributed by atoms with Gasteiger partial charge in [-0.2, -0.15) is 0 Å². The molecule has 0 aliphatic carbocycles. The normalized spacial score (nSPS) is 14.1. The summed E-state index contributed by atoms with van der Waals surface area (Å²) in [6.45, 7) is 1.30. The van der Waals surface area contributed by atoms with Crippen molar-refractivity contribution in [3.05, 3.63) is 23.8 Å². The third kappa shape index (κ3) is 4.86. The molecule has 0 fully saturated rings. The molecule has 0 saturated carbocycles. The predicted octanol–water partition coefficient (Wildman–Crippen LogP) is 3.50. The second-order valence-corrected chi connectivity index (χ2v) is 3.56. The summed E-state index contributed by atoms with van der Waals surface area (Å²) in [5.41, 5.74) is 5.13. The minimum atomic E-state index is -5.16. The summed E-state index contributed by atoms with van der Waals surface area (Å²) in [6.07, 6.45) is -10.3. The van der Waals surface area contributed by atoms with Crippen LogP contribution in [0.5, 0.6) is 11.5 Å². The SMILES string of the molecule is CC(N)c1cccc(OC(F)(F)F)c1OC(F)(F)F. The maximum absolute atomic E-state index is 12.2. The lowest BCUT2D eigenvalue weighted by molar-refractivity contribution is -0.287. The molecule has 0 amide bonds. The van der Waals surface area contributed by atoms with Crippen molar-refractivity contribution < 1.29 is 35.8 Å². The number of nitrogens with two attached hydrogens (primary N) is 1. The molecule has 0 radical (unpaired) electrons. The molecule has 0 aliphatic heterocycles. The highest BCUT2D eigenvalue weighted by molar-refractivity contribution is 5.48. The zero-order valence-corrected chi connectivity index (χ0v) is 9.47. The van der Waals surface area contributed by atoms with E-state index in [4.69, 9.17) is 5.73 Å². The Labute approximate surface area is 103 Å². The van der Waals surface area contributed by atoms with Gasteiger partial charge in [-0.15, -0.1) is 26.3 Å². The van der Waals surface area contributed by atoms with Crippen LogP contribution in [-0.4, -0.2) is 12.7 Å². The molecule has 1 atom stereocenters. The third-order valence-corrected chi connectivity index (χ3v) is 1.94. The van der Waals surface area contributed by atoms with Crippen molar-refractivity contribution in [3.8, 4) is 11.5 Å². The van der Waals surface area contributed by atoms with E-state index in [0.717, 1.165) is 12.1 Å². The van der Waals surface area contributed by atoms with E-state index in [1.807, 2.05) is 0 Å². The third-order valence-electron chi connectivity index (χ3n) is 1.94. The number of para-hydroxylation sites is 1. The minimum absolute atomic E-state index is 0.251. The van der Waals surface area contributed by atoms with Crippen LogP contribution in [0.25, 0.3) is 0 Å². The van der Waals surface area contributed by atoms with Crippen LogP contribution in [0, 0.1) is 0 Å². The molecule has 3 nitrogen and oxygen atoms in total. The number of ether oxygens (including phenoxy) is 2. The zero-order valence-electron chi connectivity index (χ0n) is 9.47. The fraction of sp³-hybridized carbons (Fsp3) is 0.400. The summed E-state index contributed by atoms with van der Waals surface area (Å²) in [5.74, 6) is -2.19. The van der Waals surface area contributed by atoms with Crippen LogP contribution in [-0.2, 0) is 0 Å². The monoisotopic (exact) mass is 289 g/mol. The van der Waals surface area contributed by atoms with Crippen LogP contribution < -0.4 is 15.2 Å². The molecule has 0 bridgehead atoms. The van der Waals surface area contributed by atoms with Gasteiger partial charge < -0.3 is 15.2 Å². The largest absolute Gasteiger partial charge is 0.573 e. The predicted molar refractivity (Wildman–Crippen MR) is 52.4 cm³/mol. The molecule has 0 heterocycles. The number of hydrogen-bond acceptors (Lipinski definition) is 3. The van der Waals surface area contributed by atoms with E-state index >= 15 is 0 Å². The number of hydrogen-bond donors (Lipinski definition) is 1.